The fourth-order valence-corrected chi connectivity index (χ4v) is 2.38. The summed E-state index contributed by atoms with van der Waals surface area (Å²) in [6, 6.07) is 10.6. The van der Waals surface area contributed by atoms with E-state index in [0.29, 0.717) is 6.61 Å². The standard InChI is InChI=1S/C15H15N3O3.ClH/c16-13-3-1-11(8-14(13)18(19)20)10-2-4-15-12(7-10)9-17-5-6-21-15;/h1-4,7-8,17H,5-6,9,16H2;1H. The lowest BCUT2D eigenvalue weighted by Crippen LogP contribution is -2.16. The Hall–Kier alpha value is -2.31. The molecule has 3 N–H and O–H groups in total. The van der Waals surface area contributed by atoms with Crippen molar-refractivity contribution in [1.82, 2.24) is 5.32 Å². The Balaban J connectivity index is 0.00000176. The van der Waals surface area contributed by atoms with Crippen molar-refractivity contribution in [3.8, 4) is 16.9 Å². The van der Waals surface area contributed by atoms with Crippen molar-refractivity contribution in [3.63, 3.8) is 0 Å². The highest BCUT2D eigenvalue weighted by molar-refractivity contribution is 5.85. The van der Waals surface area contributed by atoms with Gasteiger partial charge in [0.05, 0.1) is 4.92 Å². The molecule has 1 aliphatic rings. The van der Waals surface area contributed by atoms with Crippen molar-refractivity contribution in [2.45, 2.75) is 6.54 Å². The number of nitrogen functional groups attached to an aromatic ring is 1. The molecule has 0 atom stereocenters. The molecule has 2 aromatic rings. The van der Waals surface area contributed by atoms with Crippen LogP contribution in [0.15, 0.2) is 36.4 Å². The van der Waals surface area contributed by atoms with Gasteiger partial charge in [0, 0.05) is 24.7 Å². The van der Waals surface area contributed by atoms with E-state index in [4.69, 9.17) is 10.5 Å². The van der Waals surface area contributed by atoms with Gasteiger partial charge in [-0.15, -0.1) is 12.4 Å². The van der Waals surface area contributed by atoms with Gasteiger partial charge < -0.3 is 15.8 Å². The first-order valence-corrected chi connectivity index (χ1v) is 6.66. The lowest BCUT2D eigenvalue weighted by atomic mass is 10.0. The number of hydrogen-bond acceptors (Lipinski definition) is 5. The van der Waals surface area contributed by atoms with Gasteiger partial charge in [-0.2, -0.15) is 0 Å². The summed E-state index contributed by atoms with van der Waals surface area (Å²) in [4.78, 5) is 10.5. The maximum atomic E-state index is 11.0. The maximum Gasteiger partial charge on any atom is 0.292 e. The molecule has 7 heteroatoms. The number of nitro groups is 1. The Kier molecular flexibility index (Phi) is 4.85. The van der Waals surface area contributed by atoms with Gasteiger partial charge in [0.15, 0.2) is 0 Å². The van der Waals surface area contributed by atoms with Crippen LogP contribution in [0.2, 0.25) is 0 Å². The zero-order chi connectivity index (χ0) is 14.8. The molecule has 0 aromatic heterocycles. The Bertz CT molecular complexity index is 706. The molecule has 116 valence electrons. The van der Waals surface area contributed by atoms with Gasteiger partial charge in [-0.3, -0.25) is 10.1 Å². The number of anilines is 1. The van der Waals surface area contributed by atoms with Crippen molar-refractivity contribution in [1.29, 1.82) is 0 Å². The second-order valence-corrected chi connectivity index (χ2v) is 4.88. The molecule has 0 saturated heterocycles. The molecule has 0 spiro atoms. The molecule has 2 aromatic carbocycles. The van der Waals surface area contributed by atoms with Crippen molar-refractivity contribution in [2.24, 2.45) is 0 Å². The minimum Gasteiger partial charge on any atom is -0.492 e. The van der Waals surface area contributed by atoms with E-state index in [2.05, 4.69) is 5.32 Å². The van der Waals surface area contributed by atoms with Crippen molar-refractivity contribution < 1.29 is 9.66 Å². The Morgan fingerprint density at radius 2 is 1.91 bits per heavy atom. The minimum absolute atomic E-state index is 0. The Morgan fingerprint density at radius 3 is 2.68 bits per heavy atom. The largest absolute Gasteiger partial charge is 0.492 e. The summed E-state index contributed by atoms with van der Waals surface area (Å²) in [6.07, 6.45) is 0. The monoisotopic (exact) mass is 321 g/mol. The molecule has 0 amide bonds. The maximum absolute atomic E-state index is 11.0. The number of rotatable bonds is 2. The average molecular weight is 322 g/mol. The van der Waals surface area contributed by atoms with Gasteiger partial charge in [-0.05, 0) is 29.3 Å². The molecule has 1 heterocycles. The van der Waals surface area contributed by atoms with Gasteiger partial charge >= 0.3 is 0 Å². The van der Waals surface area contributed by atoms with E-state index in [9.17, 15) is 10.1 Å². The molecule has 0 unspecified atom stereocenters. The number of fused-ring (bicyclic) bond motifs is 1. The zero-order valence-corrected chi connectivity index (χ0v) is 12.6. The number of nitrogens with two attached hydrogens (primary N) is 1. The SMILES string of the molecule is Cl.Nc1ccc(-c2ccc3c(c2)CNCCO3)cc1[N+](=O)[O-]. The average Bonchev–Trinajstić information content (AvgIpc) is 2.72. The minimum atomic E-state index is -0.465. The topological polar surface area (TPSA) is 90.4 Å². The third-order valence-electron chi connectivity index (χ3n) is 3.47. The number of halogens is 1. The van der Waals surface area contributed by atoms with Gasteiger partial charge in [-0.1, -0.05) is 12.1 Å². The molecule has 0 radical (unpaired) electrons. The first kappa shape index (κ1) is 16.1. The molecule has 1 aliphatic heterocycles. The van der Waals surface area contributed by atoms with Gasteiger partial charge in [0.25, 0.3) is 5.69 Å². The van der Waals surface area contributed by atoms with Crippen LogP contribution < -0.4 is 15.8 Å². The number of nitro benzene ring substituents is 1. The summed E-state index contributed by atoms with van der Waals surface area (Å²) in [5, 5.41) is 14.2. The van der Waals surface area contributed by atoms with Crippen molar-refractivity contribution in [2.75, 3.05) is 18.9 Å². The van der Waals surface area contributed by atoms with E-state index in [1.165, 1.54) is 6.07 Å². The Morgan fingerprint density at radius 1 is 1.18 bits per heavy atom. The lowest BCUT2D eigenvalue weighted by molar-refractivity contribution is -0.383. The molecular formula is C15H16ClN3O3. The van der Waals surface area contributed by atoms with E-state index < -0.39 is 4.92 Å². The highest BCUT2D eigenvalue weighted by Gasteiger charge is 2.14. The van der Waals surface area contributed by atoms with Crippen molar-refractivity contribution >= 4 is 23.8 Å². The van der Waals surface area contributed by atoms with Crippen LogP contribution in [0.5, 0.6) is 5.75 Å². The van der Waals surface area contributed by atoms with E-state index in [1.807, 2.05) is 18.2 Å². The van der Waals surface area contributed by atoms with Crippen LogP contribution in [0, 0.1) is 10.1 Å². The molecular weight excluding hydrogens is 306 g/mol. The summed E-state index contributed by atoms with van der Waals surface area (Å²) in [5.41, 5.74) is 8.44. The van der Waals surface area contributed by atoms with E-state index in [0.717, 1.165) is 35.5 Å². The van der Waals surface area contributed by atoms with E-state index in [-0.39, 0.29) is 23.8 Å². The smallest absolute Gasteiger partial charge is 0.292 e. The van der Waals surface area contributed by atoms with Crippen LogP contribution in [-0.2, 0) is 6.54 Å². The molecule has 6 nitrogen and oxygen atoms in total. The van der Waals surface area contributed by atoms with Gasteiger partial charge in [0.1, 0.15) is 18.0 Å². The van der Waals surface area contributed by atoms with E-state index in [1.54, 1.807) is 12.1 Å². The fourth-order valence-electron chi connectivity index (χ4n) is 2.38. The molecule has 0 bridgehead atoms. The number of hydrogen-bond donors (Lipinski definition) is 2. The molecule has 3 rings (SSSR count). The van der Waals surface area contributed by atoms with Crippen LogP contribution >= 0.6 is 12.4 Å². The highest BCUT2D eigenvalue weighted by atomic mass is 35.5. The molecule has 0 saturated carbocycles. The fraction of sp³-hybridized carbons (Fsp3) is 0.200. The molecule has 0 aliphatic carbocycles. The van der Waals surface area contributed by atoms with Gasteiger partial charge in [0.2, 0.25) is 0 Å². The number of benzene rings is 2. The number of ether oxygens (including phenoxy) is 1. The third kappa shape index (κ3) is 3.13. The van der Waals surface area contributed by atoms with E-state index >= 15 is 0 Å². The second-order valence-electron chi connectivity index (χ2n) is 4.88. The van der Waals surface area contributed by atoms with Crippen LogP contribution in [0.4, 0.5) is 11.4 Å². The normalized spacial score (nSPS) is 13.3. The predicted molar refractivity (Wildman–Crippen MR) is 87.4 cm³/mol. The second kappa shape index (κ2) is 6.64. The number of nitrogens with zero attached hydrogens (tertiary/aromatic N) is 1. The predicted octanol–water partition coefficient (Wildman–Crippen LogP) is 2.75. The Labute approximate surface area is 133 Å². The highest BCUT2D eigenvalue weighted by Crippen LogP contribution is 2.31. The summed E-state index contributed by atoms with van der Waals surface area (Å²) in [7, 11) is 0. The molecule has 0 fully saturated rings. The summed E-state index contributed by atoms with van der Waals surface area (Å²) in [5.74, 6) is 0.855. The summed E-state index contributed by atoms with van der Waals surface area (Å²) < 4.78 is 5.63. The lowest BCUT2D eigenvalue weighted by Gasteiger charge is -2.09. The van der Waals surface area contributed by atoms with Gasteiger partial charge in [-0.25, -0.2) is 0 Å². The molecule has 22 heavy (non-hydrogen) atoms. The zero-order valence-electron chi connectivity index (χ0n) is 11.7. The van der Waals surface area contributed by atoms with Crippen LogP contribution in [0.1, 0.15) is 5.56 Å². The van der Waals surface area contributed by atoms with Crippen LogP contribution in [0.3, 0.4) is 0 Å². The first-order chi connectivity index (χ1) is 10.1. The summed E-state index contributed by atoms with van der Waals surface area (Å²) >= 11 is 0. The first-order valence-electron chi connectivity index (χ1n) is 6.66. The quantitative estimate of drug-likeness (QED) is 0.504. The third-order valence-corrected chi connectivity index (χ3v) is 3.47. The number of nitrogens with one attached hydrogen (secondary N) is 1. The van der Waals surface area contributed by atoms with Crippen LogP contribution in [-0.4, -0.2) is 18.1 Å². The van der Waals surface area contributed by atoms with Crippen LogP contribution in [0.25, 0.3) is 11.1 Å². The summed E-state index contributed by atoms with van der Waals surface area (Å²) in [6.45, 7) is 2.16. The van der Waals surface area contributed by atoms with Crippen molar-refractivity contribution in [3.05, 3.63) is 52.1 Å².